The van der Waals surface area contributed by atoms with Gasteiger partial charge in [-0.05, 0) is 70.3 Å². The molecular formula is C23H30FN5O4. The molecule has 9 nitrogen and oxygen atoms in total. The number of amides is 3. The van der Waals surface area contributed by atoms with Crippen LogP contribution >= 0.6 is 0 Å². The molecule has 178 valence electrons. The molecule has 1 aromatic carbocycles. The molecule has 10 heteroatoms. The van der Waals surface area contributed by atoms with E-state index in [0.29, 0.717) is 29.9 Å². The summed E-state index contributed by atoms with van der Waals surface area (Å²) in [7, 11) is 1.75. The Labute approximate surface area is 191 Å². The molecule has 33 heavy (non-hydrogen) atoms. The van der Waals surface area contributed by atoms with E-state index in [9.17, 15) is 14.4 Å². The second-order valence-electron chi connectivity index (χ2n) is 9.73. The van der Waals surface area contributed by atoms with Gasteiger partial charge in [-0.2, -0.15) is 5.10 Å². The number of piperidine rings is 1. The number of carbonyl (C=O) groups excluding carboxylic acids is 3. The Bertz CT molecular complexity index is 1100. The molecule has 0 radical (unpaired) electrons. The second kappa shape index (κ2) is 8.74. The van der Waals surface area contributed by atoms with Gasteiger partial charge in [-0.1, -0.05) is 0 Å². The van der Waals surface area contributed by atoms with Gasteiger partial charge in [0.25, 0.3) is 0 Å². The van der Waals surface area contributed by atoms with Crippen LogP contribution in [0.5, 0.6) is 0 Å². The predicted octanol–water partition coefficient (Wildman–Crippen LogP) is 2.68. The summed E-state index contributed by atoms with van der Waals surface area (Å²) >= 11 is 0. The Morgan fingerprint density at radius 3 is 2.55 bits per heavy atom. The van der Waals surface area contributed by atoms with E-state index < -0.39 is 11.6 Å². The Kier molecular flexibility index (Phi) is 6.13. The van der Waals surface area contributed by atoms with Crippen LogP contribution in [0.3, 0.4) is 0 Å². The van der Waals surface area contributed by atoms with Crippen LogP contribution in [0.15, 0.2) is 12.1 Å². The highest BCUT2D eigenvalue weighted by molar-refractivity contribution is 6.08. The van der Waals surface area contributed by atoms with Crippen LogP contribution in [0.1, 0.15) is 51.5 Å². The summed E-state index contributed by atoms with van der Waals surface area (Å²) < 4.78 is 22.2. The van der Waals surface area contributed by atoms with Gasteiger partial charge in [-0.25, -0.2) is 9.18 Å². The zero-order valence-corrected chi connectivity index (χ0v) is 19.5. The molecule has 2 fully saturated rings. The number of halogens is 1. The third-order valence-corrected chi connectivity index (χ3v) is 6.06. The number of anilines is 1. The molecule has 3 heterocycles. The zero-order chi connectivity index (χ0) is 23.9. The monoisotopic (exact) mass is 459 g/mol. The van der Waals surface area contributed by atoms with E-state index in [1.807, 2.05) is 31.7 Å². The quantitative estimate of drug-likeness (QED) is 0.707. The number of hydrogen-bond donors (Lipinski definition) is 1. The second-order valence-corrected chi connectivity index (χ2v) is 9.73. The maximum Gasteiger partial charge on any atom is 0.329 e. The van der Waals surface area contributed by atoms with Crippen molar-refractivity contribution < 1.29 is 23.5 Å². The van der Waals surface area contributed by atoms with E-state index in [1.54, 1.807) is 11.7 Å². The van der Waals surface area contributed by atoms with Gasteiger partial charge in [0.2, 0.25) is 5.91 Å². The van der Waals surface area contributed by atoms with E-state index in [2.05, 4.69) is 10.4 Å². The van der Waals surface area contributed by atoms with Crippen molar-refractivity contribution in [2.75, 3.05) is 31.1 Å². The molecule has 0 unspecified atom stereocenters. The third-order valence-electron chi connectivity index (χ3n) is 6.06. The van der Waals surface area contributed by atoms with Gasteiger partial charge in [0.1, 0.15) is 11.4 Å². The summed E-state index contributed by atoms with van der Waals surface area (Å²) in [5, 5.41) is 7.24. The standard InChI is InChI=1S/C23H30FN5O4/c1-23(2,3)33-20(31)13-28-8-5-14(6-9-28)15-12-18-16(11-17(15)24)21(26-27(18)4)29-10-7-19(30)25-22(29)32/h11-12,14H,5-10,13H2,1-4H3,(H,25,30,32). The number of likely N-dealkylation sites (tertiary alicyclic amines) is 1. The van der Waals surface area contributed by atoms with Crippen molar-refractivity contribution in [2.24, 2.45) is 7.05 Å². The molecule has 2 aliphatic heterocycles. The van der Waals surface area contributed by atoms with E-state index in [-0.39, 0.29) is 43.1 Å². The molecule has 0 bridgehead atoms. The van der Waals surface area contributed by atoms with Crippen LogP contribution in [0.2, 0.25) is 0 Å². The molecule has 1 N–H and O–H groups in total. The van der Waals surface area contributed by atoms with Crippen LogP contribution in [-0.4, -0.2) is 64.4 Å². The number of hydrogen-bond acceptors (Lipinski definition) is 6. The molecule has 0 spiro atoms. The smallest absolute Gasteiger partial charge is 0.329 e. The fraction of sp³-hybridized carbons (Fsp3) is 0.565. The molecule has 2 saturated heterocycles. The number of carbonyl (C=O) groups is 3. The molecular weight excluding hydrogens is 429 g/mol. The van der Waals surface area contributed by atoms with Crippen LogP contribution in [0.4, 0.5) is 15.0 Å². The fourth-order valence-electron chi connectivity index (χ4n) is 4.51. The van der Waals surface area contributed by atoms with Crippen LogP contribution in [0.25, 0.3) is 10.9 Å². The highest BCUT2D eigenvalue weighted by atomic mass is 19.1. The van der Waals surface area contributed by atoms with E-state index >= 15 is 4.39 Å². The van der Waals surface area contributed by atoms with Crippen LogP contribution in [-0.2, 0) is 21.4 Å². The first kappa shape index (κ1) is 23.2. The first-order valence-electron chi connectivity index (χ1n) is 11.2. The van der Waals surface area contributed by atoms with Gasteiger partial charge in [-0.3, -0.25) is 29.4 Å². The number of aromatic nitrogens is 2. The third kappa shape index (κ3) is 5.00. The lowest BCUT2D eigenvalue weighted by Crippen LogP contribution is -2.49. The normalized spacial score (nSPS) is 18.6. The maximum absolute atomic E-state index is 15.2. The molecule has 2 aromatic rings. The highest BCUT2D eigenvalue weighted by Gasteiger charge is 2.30. The number of fused-ring (bicyclic) bond motifs is 1. The summed E-state index contributed by atoms with van der Waals surface area (Å²) in [6.07, 6.45) is 1.63. The minimum Gasteiger partial charge on any atom is -0.459 e. The largest absolute Gasteiger partial charge is 0.459 e. The van der Waals surface area contributed by atoms with Crippen LogP contribution < -0.4 is 10.2 Å². The lowest BCUT2D eigenvalue weighted by Gasteiger charge is -2.32. The Morgan fingerprint density at radius 2 is 1.91 bits per heavy atom. The Morgan fingerprint density at radius 1 is 1.21 bits per heavy atom. The molecule has 4 rings (SSSR count). The highest BCUT2D eigenvalue weighted by Crippen LogP contribution is 2.35. The van der Waals surface area contributed by atoms with Gasteiger partial charge >= 0.3 is 12.0 Å². The van der Waals surface area contributed by atoms with Gasteiger partial charge < -0.3 is 4.74 Å². The predicted molar refractivity (Wildman–Crippen MR) is 120 cm³/mol. The number of rotatable bonds is 4. The van der Waals surface area contributed by atoms with Gasteiger partial charge in [0, 0.05) is 25.4 Å². The van der Waals surface area contributed by atoms with E-state index in [0.717, 1.165) is 18.4 Å². The maximum atomic E-state index is 15.2. The Hall–Kier alpha value is -3.01. The average molecular weight is 460 g/mol. The van der Waals surface area contributed by atoms with Crippen molar-refractivity contribution in [3.05, 3.63) is 23.5 Å². The molecule has 2 aliphatic rings. The summed E-state index contributed by atoms with van der Waals surface area (Å²) in [5.74, 6) is -0.549. The van der Waals surface area contributed by atoms with Crippen molar-refractivity contribution in [2.45, 2.75) is 51.6 Å². The zero-order valence-electron chi connectivity index (χ0n) is 19.5. The number of ether oxygens (including phenoxy) is 1. The number of benzene rings is 1. The summed E-state index contributed by atoms with van der Waals surface area (Å²) in [4.78, 5) is 39.2. The van der Waals surface area contributed by atoms with Crippen molar-refractivity contribution in [1.82, 2.24) is 20.0 Å². The molecule has 3 amide bonds. The van der Waals surface area contributed by atoms with Crippen molar-refractivity contribution in [3.63, 3.8) is 0 Å². The van der Waals surface area contributed by atoms with E-state index in [4.69, 9.17) is 4.74 Å². The van der Waals surface area contributed by atoms with Gasteiger partial charge in [0.05, 0.1) is 12.1 Å². The van der Waals surface area contributed by atoms with Crippen molar-refractivity contribution in [1.29, 1.82) is 0 Å². The SMILES string of the molecule is Cn1nc(N2CCC(=O)NC2=O)c2cc(F)c(C3CCN(CC(=O)OC(C)(C)C)CC3)cc21. The molecule has 0 saturated carbocycles. The molecule has 0 aliphatic carbocycles. The minimum absolute atomic E-state index is 0.0264. The van der Waals surface area contributed by atoms with E-state index in [1.165, 1.54) is 11.0 Å². The summed E-state index contributed by atoms with van der Waals surface area (Å²) in [6.45, 7) is 7.33. The first-order valence-corrected chi connectivity index (χ1v) is 11.2. The van der Waals surface area contributed by atoms with Crippen LogP contribution in [0, 0.1) is 5.82 Å². The first-order chi connectivity index (χ1) is 15.5. The number of urea groups is 1. The summed E-state index contributed by atoms with van der Waals surface area (Å²) in [6, 6.07) is 2.69. The number of aryl methyl sites for hydroxylation is 1. The number of nitrogens with zero attached hydrogens (tertiary/aromatic N) is 4. The average Bonchev–Trinajstić information content (AvgIpc) is 3.02. The molecule has 1 aromatic heterocycles. The molecule has 0 atom stereocenters. The fourth-order valence-corrected chi connectivity index (χ4v) is 4.51. The summed E-state index contributed by atoms with van der Waals surface area (Å²) in [5.41, 5.74) is 0.829. The topological polar surface area (TPSA) is 96.8 Å². The lowest BCUT2D eigenvalue weighted by molar-refractivity contribution is -0.156. The lowest BCUT2D eigenvalue weighted by atomic mass is 9.88. The van der Waals surface area contributed by atoms with Gasteiger partial charge in [-0.15, -0.1) is 0 Å². The van der Waals surface area contributed by atoms with Crippen molar-refractivity contribution in [3.8, 4) is 0 Å². The van der Waals surface area contributed by atoms with Crippen molar-refractivity contribution >= 4 is 34.6 Å². The number of imide groups is 1. The van der Waals surface area contributed by atoms with Gasteiger partial charge in [0.15, 0.2) is 5.82 Å². The number of esters is 1. The Balaban J connectivity index is 1.49. The minimum atomic E-state index is -0.548. The number of nitrogens with one attached hydrogen (secondary N) is 1.